The lowest BCUT2D eigenvalue weighted by Crippen LogP contribution is -2.28. The number of rotatable bonds is 2. The molecule has 0 aromatic heterocycles. The van der Waals surface area contributed by atoms with E-state index >= 15 is 0 Å². The van der Waals surface area contributed by atoms with Crippen molar-refractivity contribution < 1.29 is 4.74 Å². The topological polar surface area (TPSA) is 38.5 Å². The number of hydrogen-bond donors (Lipinski definition) is 1. The highest BCUT2D eigenvalue weighted by molar-refractivity contribution is 4.77. The first-order chi connectivity index (χ1) is 4.74. The van der Waals surface area contributed by atoms with E-state index in [0.29, 0.717) is 11.8 Å². The average Bonchev–Trinajstić information content (AvgIpc) is 2.13. The number of hydrazine groups is 1. The fourth-order valence-corrected chi connectivity index (χ4v) is 1.51. The summed E-state index contributed by atoms with van der Waals surface area (Å²) in [4.78, 5) is 0. The van der Waals surface area contributed by atoms with E-state index < -0.39 is 0 Å². The van der Waals surface area contributed by atoms with Gasteiger partial charge in [0.2, 0.25) is 0 Å². The van der Waals surface area contributed by atoms with Crippen molar-refractivity contribution >= 4 is 0 Å². The lowest BCUT2D eigenvalue weighted by Gasteiger charge is -2.11. The van der Waals surface area contributed by atoms with E-state index in [2.05, 4.69) is 6.92 Å². The fraction of sp³-hybridized carbons (Fsp3) is 1.00. The van der Waals surface area contributed by atoms with Crippen molar-refractivity contribution in [3.63, 3.8) is 0 Å². The highest BCUT2D eigenvalue weighted by Gasteiger charge is 2.27. The molecule has 10 heavy (non-hydrogen) atoms. The predicted molar refractivity (Wildman–Crippen MR) is 40.3 cm³/mol. The molecule has 0 aliphatic carbocycles. The van der Waals surface area contributed by atoms with E-state index in [0.717, 1.165) is 19.7 Å². The molecule has 0 aromatic rings. The third-order valence-corrected chi connectivity index (χ3v) is 2.18. The Hall–Kier alpha value is -0.120. The second-order valence-corrected chi connectivity index (χ2v) is 3.15. The van der Waals surface area contributed by atoms with Crippen LogP contribution < -0.4 is 5.84 Å². The first kappa shape index (κ1) is 7.98. The molecule has 3 heteroatoms. The second-order valence-electron chi connectivity index (χ2n) is 3.15. The molecule has 0 aromatic carbocycles. The maximum Gasteiger partial charge on any atom is 0.0506 e. The second kappa shape index (κ2) is 3.32. The monoisotopic (exact) mass is 144 g/mol. The third-order valence-electron chi connectivity index (χ3n) is 2.18. The van der Waals surface area contributed by atoms with E-state index in [1.165, 1.54) is 0 Å². The van der Waals surface area contributed by atoms with Gasteiger partial charge in [-0.25, -0.2) is 5.01 Å². The standard InChI is InChI=1S/C7H16N2O/c1-6-3-9(8)4-7(6)5-10-2/h6-7H,3-5,8H2,1-2H3/t6-,7-/m0/s1. The van der Waals surface area contributed by atoms with Gasteiger partial charge in [-0.3, -0.25) is 5.84 Å². The molecule has 1 aliphatic heterocycles. The van der Waals surface area contributed by atoms with Crippen LogP contribution in [0.15, 0.2) is 0 Å². The zero-order chi connectivity index (χ0) is 7.56. The lowest BCUT2D eigenvalue weighted by atomic mass is 10.00. The normalized spacial score (nSPS) is 35.1. The largest absolute Gasteiger partial charge is 0.384 e. The SMILES string of the molecule is COC[C@@H]1CN(N)C[C@@H]1C. The Morgan fingerprint density at radius 2 is 2.30 bits per heavy atom. The summed E-state index contributed by atoms with van der Waals surface area (Å²) < 4.78 is 5.06. The quantitative estimate of drug-likeness (QED) is 0.558. The van der Waals surface area contributed by atoms with Crippen molar-refractivity contribution in [3.8, 4) is 0 Å². The van der Waals surface area contributed by atoms with Crippen molar-refractivity contribution in [2.45, 2.75) is 6.92 Å². The average molecular weight is 144 g/mol. The zero-order valence-corrected chi connectivity index (χ0v) is 6.71. The lowest BCUT2D eigenvalue weighted by molar-refractivity contribution is 0.140. The van der Waals surface area contributed by atoms with E-state index in [-0.39, 0.29) is 0 Å². The molecule has 1 fully saturated rings. The maximum atomic E-state index is 5.62. The minimum absolute atomic E-state index is 0.634. The van der Waals surface area contributed by atoms with Gasteiger partial charge in [-0.15, -0.1) is 0 Å². The van der Waals surface area contributed by atoms with Crippen LogP contribution in [0.3, 0.4) is 0 Å². The number of nitrogens with two attached hydrogens (primary N) is 1. The summed E-state index contributed by atoms with van der Waals surface area (Å²) >= 11 is 0. The Morgan fingerprint density at radius 1 is 1.60 bits per heavy atom. The molecule has 3 nitrogen and oxygen atoms in total. The van der Waals surface area contributed by atoms with Gasteiger partial charge >= 0.3 is 0 Å². The molecule has 0 bridgehead atoms. The molecule has 1 rings (SSSR count). The van der Waals surface area contributed by atoms with Crippen LogP contribution in [0.5, 0.6) is 0 Å². The molecule has 60 valence electrons. The van der Waals surface area contributed by atoms with E-state index in [9.17, 15) is 0 Å². The molecule has 0 unspecified atom stereocenters. The molecule has 1 saturated heterocycles. The van der Waals surface area contributed by atoms with Gasteiger partial charge in [-0.1, -0.05) is 6.92 Å². The minimum Gasteiger partial charge on any atom is -0.384 e. The number of nitrogens with zero attached hydrogens (tertiary/aromatic N) is 1. The Labute approximate surface area is 62.1 Å². The van der Waals surface area contributed by atoms with Gasteiger partial charge in [0.1, 0.15) is 0 Å². The van der Waals surface area contributed by atoms with Crippen molar-refractivity contribution in [2.24, 2.45) is 17.7 Å². The Morgan fingerprint density at radius 3 is 2.70 bits per heavy atom. The predicted octanol–water partition coefficient (Wildman–Crippen LogP) is 0.0744. The highest BCUT2D eigenvalue weighted by Crippen LogP contribution is 2.19. The summed E-state index contributed by atoms with van der Waals surface area (Å²) in [6.45, 7) is 5.05. The Balaban J connectivity index is 2.31. The Kier molecular flexibility index (Phi) is 2.65. The summed E-state index contributed by atoms with van der Waals surface area (Å²) in [5.41, 5.74) is 0. The maximum absolute atomic E-state index is 5.62. The van der Waals surface area contributed by atoms with Crippen LogP contribution in [0, 0.1) is 11.8 Å². The van der Waals surface area contributed by atoms with Crippen LogP contribution in [0.4, 0.5) is 0 Å². The van der Waals surface area contributed by atoms with Crippen LogP contribution in [0.2, 0.25) is 0 Å². The molecular formula is C7H16N2O. The highest BCUT2D eigenvalue weighted by atomic mass is 16.5. The van der Waals surface area contributed by atoms with Gasteiger partial charge in [0.25, 0.3) is 0 Å². The first-order valence-corrected chi connectivity index (χ1v) is 3.72. The Bertz CT molecular complexity index is 108. The van der Waals surface area contributed by atoms with Gasteiger partial charge < -0.3 is 4.74 Å². The van der Waals surface area contributed by atoms with Gasteiger partial charge in [0.05, 0.1) is 6.61 Å². The third kappa shape index (κ3) is 1.68. The molecule has 0 spiro atoms. The van der Waals surface area contributed by atoms with Gasteiger partial charge in [0.15, 0.2) is 0 Å². The first-order valence-electron chi connectivity index (χ1n) is 3.72. The zero-order valence-electron chi connectivity index (χ0n) is 6.71. The summed E-state index contributed by atoms with van der Waals surface area (Å²) in [6.07, 6.45) is 0. The number of ether oxygens (including phenoxy) is 1. The van der Waals surface area contributed by atoms with Crippen LogP contribution in [-0.2, 0) is 4.74 Å². The van der Waals surface area contributed by atoms with Gasteiger partial charge in [0, 0.05) is 26.1 Å². The van der Waals surface area contributed by atoms with Crippen molar-refractivity contribution in [1.82, 2.24) is 5.01 Å². The van der Waals surface area contributed by atoms with Crippen molar-refractivity contribution in [1.29, 1.82) is 0 Å². The van der Waals surface area contributed by atoms with E-state index in [4.69, 9.17) is 10.6 Å². The summed E-state index contributed by atoms with van der Waals surface area (Å²) in [6, 6.07) is 0. The molecule has 2 N–H and O–H groups in total. The number of methoxy groups -OCH3 is 1. The van der Waals surface area contributed by atoms with Gasteiger partial charge in [-0.2, -0.15) is 0 Å². The summed E-state index contributed by atoms with van der Waals surface area (Å²) in [7, 11) is 1.74. The van der Waals surface area contributed by atoms with Crippen molar-refractivity contribution in [2.75, 3.05) is 26.8 Å². The minimum atomic E-state index is 0.634. The van der Waals surface area contributed by atoms with Crippen LogP contribution >= 0.6 is 0 Å². The van der Waals surface area contributed by atoms with Crippen molar-refractivity contribution in [3.05, 3.63) is 0 Å². The van der Waals surface area contributed by atoms with E-state index in [1.807, 2.05) is 5.01 Å². The summed E-state index contributed by atoms with van der Waals surface area (Å²) in [5, 5.41) is 1.87. The number of hydrogen-bond acceptors (Lipinski definition) is 3. The molecule has 0 amide bonds. The van der Waals surface area contributed by atoms with E-state index in [1.54, 1.807) is 7.11 Å². The molecule has 1 aliphatic rings. The summed E-state index contributed by atoms with van der Waals surface area (Å²) in [5.74, 6) is 6.94. The molecular weight excluding hydrogens is 128 g/mol. The van der Waals surface area contributed by atoms with Crippen LogP contribution in [0.1, 0.15) is 6.92 Å². The van der Waals surface area contributed by atoms with Crippen LogP contribution in [-0.4, -0.2) is 31.8 Å². The molecule has 1 heterocycles. The molecule has 0 saturated carbocycles. The fourth-order valence-electron chi connectivity index (χ4n) is 1.51. The smallest absolute Gasteiger partial charge is 0.0506 e. The van der Waals surface area contributed by atoms with Crippen LogP contribution in [0.25, 0.3) is 0 Å². The molecule has 2 atom stereocenters. The van der Waals surface area contributed by atoms with Gasteiger partial charge in [-0.05, 0) is 5.92 Å². The molecule has 0 radical (unpaired) electrons.